The van der Waals surface area contributed by atoms with E-state index >= 15 is 0 Å². The van der Waals surface area contributed by atoms with E-state index in [1.165, 1.54) is 18.2 Å². The Kier molecular flexibility index (Phi) is 4.17. The zero-order chi connectivity index (χ0) is 15.6. The number of rotatable bonds is 3. The van der Waals surface area contributed by atoms with Crippen molar-refractivity contribution in [2.24, 2.45) is 0 Å². The first kappa shape index (κ1) is 15.3. The number of hydrogen-bond acceptors (Lipinski definition) is 5. The van der Waals surface area contributed by atoms with E-state index in [4.69, 9.17) is 10.8 Å². The Bertz CT molecular complexity index is 684. The minimum Gasteiger partial charge on any atom is -0.478 e. The summed E-state index contributed by atoms with van der Waals surface area (Å²) in [7, 11) is -3.47. The summed E-state index contributed by atoms with van der Waals surface area (Å²) < 4.78 is 23.8. The molecule has 1 fully saturated rings. The highest BCUT2D eigenvalue weighted by molar-refractivity contribution is 7.92. The van der Waals surface area contributed by atoms with Gasteiger partial charge in [0.25, 0.3) is 0 Å². The molecule has 8 heteroatoms. The van der Waals surface area contributed by atoms with Crippen LogP contribution in [-0.2, 0) is 14.6 Å². The van der Waals surface area contributed by atoms with Crippen LogP contribution in [0.25, 0.3) is 0 Å². The molecule has 7 nitrogen and oxygen atoms in total. The predicted octanol–water partition coefficient (Wildman–Crippen LogP) is 0.873. The Morgan fingerprint density at radius 3 is 2.62 bits per heavy atom. The summed E-state index contributed by atoms with van der Waals surface area (Å²) in [6.07, 6.45) is 1.46. The number of nitrogens with one attached hydrogen (secondary N) is 1. The highest BCUT2D eigenvalue weighted by atomic mass is 32.2. The van der Waals surface area contributed by atoms with Gasteiger partial charge in [-0.1, -0.05) is 6.42 Å². The largest absolute Gasteiger partial charge is 0.478 e. The summed E-state index contributed by atoms with van der Waals surface area (Å²) in [5, 5.41) is 10.4. The molecule has 1 saturated heterocycles. The van der Waals surface area contributed by atoms with Crippen LogP contribution >= 0.6 is 0 Å². The van der Waals surface area contributed by atoms with Gasteiger partial charge in [0.1, 0.15) is 5.25 Å². The maximum Gasteiger partial charge on any atom is 0.337 e. The third-order valence-corrected chi connectivity index (χ3v) is 5.58. The second kappa shape index (κ2) is 5.72. The van der Waals surface area contributed by atoms with Crippen LogP contribution in [0.15, 0.2) is 18.2 Å². The lowest BCUT2D eigenvalue weighted by molar-refractivity contribution is -0.116. The molecule has 2 rings (SSSR count). The van der Waals surface area contributed by atoms with E-state index in [-0.39, 0.29) is 29.1 Å². The van der Waals surface area contributed by atoms with E-state index < -0.39 is 27.0 Å². The minimum atomic E-state index is -3.47. The second-order valence-electron chi connectivity index (χ2n) is 4.95. The molecule has 4 N–H and O–H groups in total. The Morgan fingerprint density at radius 2 is 2.00 bits per heavy atom. The molecule has 0 radical (unpaired) electrons. The number of aromatic carboxylic acids is 1. The molecule has 0 spiro atoms. The fourth-order valence-electron chi connectivity index (χ4n) is 2.31. The van der Waals surface area contributed by atoms with Crippen molar-refractivity contribution >= 4 is 33.1 Å². The molecule has 1 heterocycles. The number of amides is 1. The smallest absolute Gasteiger partial charge is 0.337 e. The summed E-state index contributed by atoms with van der Waals surface area (Å²) in [6, 6.07) is 4.01. The zero-order valence-corrected chi connectivity index (χ0v) is 12.0. The first-order chi connectivity index (χ1) is 9.81. The fraction of sp³-hybridized carbons (Fsp3) is 0.385. The number of nitrogen functional groups attached to an aromatic ring is 1. The monoisotopic (exact) mass is 312 g/mol. The third-order valence-electron chi connectivity index (χ3n) is 3.40. The topological polar surface area (TPSA) is 127 Å². The Morgan fingerprint density at radius 1 is 1.29 bits per heavy atom. The maximum atomic E-state index is 12.1. The van der Waals surface area contributed by atoms with E-state index in [0.717, 1.165) is 0 Å². The standard InChI is InChI=1S/C13H16N2O5S/c14-8-4-5-10(9(7-8)13(17)18)15-12(16)11-3-1-2-6-21(11,19)20/h4-5,7,11H,1-3,6,14H2,(H,15,16)(H,17,18). The molecular weight excluding hydrogens is 296 g/mol. The molecule has 1 aromatic rings. The second-order valence-corrected chi connectivity index (χ2v) is 7.25. The van der Waals surface area contributed by atoms with Crippen molar-refractivity contribution in [3.63, 3.8) is 0 Å². The van der Waals surface area contributed by atoms with E-state index in [0.29, 0.717) is 12.8 Å². The number of sulfone groups is 1. The molecule has 0 saturated carbocycles. The van der Waals surface area contributed by atoms with Crippen molar-refractivity contribution in [1.82, 2.24) is 0 Å². The summed E-state index contributed by atoms with van der Waals surface area (Å²) in [5.74, 6) is -1.95. The number of carboxylic acids is 1. The van der Waals surface area contributed by atoms with Gasteiger partial charge in [-0.2, -0.15) is 0 Å². The molecule has 1 aliphatic rings. The number of carbonyl (C=O) groups is 2. The Labute approximate surface area is 122 Å². The molecule has 1 aromatic carbocycles. The molecule has 114 valence electrons. The maximum absolute atomic E-state index is 12.1. The first-order valence-corrected chi connectivity index (χ1v) is 8.18. The van der Waals surface area contributed by atoms with E-state index in [9.17, 15) is 18.0 Å². The average Bonchev–Trinajstić information content (AvgIpc) is 2.39. The molecule has 0 aromatic heterocycles. The van der Waals surface area contributed by atoms with E-state index in [1.807, 2.05) is 0 Å². The van der Waals surface area contributed by atoms with Gasteiger partial charge in [-0.05, 0) is 31.0 Å². The lowest BCUT2D eigenvalue weighted by Crippen LogP contribution is -2.39. The van der Waals surface area contributed by atoms with Gasteiger partial charge in [-0.15, -0.1) is 0 Å². The van der Waals surface area contributed by atoms with Gasteiger partial charge >= 0.3 is 5.97 Å². The van der Waals surface area contributed by atoms with Gasteiger partial charge in [0.2, 0.25) is 5.91 Å². The molecule has 1 amide bonds. The molecule has 0 bridgehead atoms. The summed E-state index contributed by atoms with van der Waals surface area (Å²) >= 11 is 0. The summed E-state index contributed by atoms with van der Waals surface area (Å²) in [4.78, 5) is 23.3. The molecule has 1 unspecified atom stereocenters. The summed E-state index contributed by atoms with van der Waals surface area (Å²) in [6.45, 7) is 0. The quantitative estimate of drug-likeness (QED) is 0.711. The highest BCUT2D eigenvalue weighted by Crippen LogP contribution is 2.23. The normalized spacial score (nSPS) is 20.7. The van der Waals surface area contributed by atoms with Crippen LogP contribution < -0.4 is 11.1 Å². The van der Waals surface area contributed by atoms with Gasteiger partial charge in [-0.25, -0.2) is 13.2 Å². The fourth-order valence-corrected chi connectivity index (χ4v) is 4.11. The number of nitrogens with two attached hydrogens (primary N) is 1. The molecular formula is C13H16N2O5S. The van der Waals surface area contributed by atoms with Crippen LogP contribution in [0.1, 0.15) is 29.6 Å². The van der Waals surface area contributed by atoms with Crippen LogP contribution in [0.5, 0.6) is 0 Å². The molecule has 21 heavy (non-hydrogen) atoms. The number of carboxylic acid groups (broad SMARTS) is 1. The SMILES string of the molecule is Nc1ccc(NC(=O)C2CCCCS2(=O)=O)c(C(=O)O)c1. The molecule has 1 aliphatic heterocycles. The van der Waals surface area contributed by atoms with E-state index in [1.54, 1.807) is 0 Å². The lowest BCUT2D eigenvalue weighted by atomic mass is 10.1. The lowest BCUT2D eigenvalue weighted by Gasteiger charge is -2.21. The van der Waals surface area contributed by atoms with Crippen molar-refractivity contribution < 1.29 is 23.1 Å². The van der Waals surface area contributed by atoms with Crippen molar-refractivity contribution in [2.75, 3.05) is 16.8 Å². The van der Waals surface area contributed by atoms with Gasteiger partial charge in [-0.3, -0.25) is 4.79 Å². The third kappa shape index (κ3) is 3.33. The predicted molar refractivity (Wildman–Crippen MR) is 77.9 cm³/mol. The van der Waals surface area contributed by atoms with Crippen molar-refractivity contribution in [3.8, 4) is 0 Å². The van der Waals surface area contributed by atoms with Crippen LogP contribution in [0.3, 0.4) is 0 Å². The van der Waals surface area contributed by atoms with Gasteiger partial charge in [0.15, 0.2) is 9.84 Å². The summed E-state index contributed by atoms with van der Waals surface area (Å²) in [5.41, 5.74) is 5.63. The Hall–Kier alpha value is -2.09. The van der Waals surface area contributed by atoms with Crippen LogP contribution in [0, 0.1) is 0 Å². The molecule has 0 aliphatic carbocycles. The van der Waals surface area contributed by atoms with Crippen LogP contribution in [0.2, 0.25) is 0 Å². The Balaban J connectivity index is 2.26. The van der Waals surface area contributed by atoms with E-state index in [2.05, 4.69) is 5.32 Å². The van der Waals surface area contributed by atoms with Crippen molar-refractivity contribution in [3.05, 3.63) is 23.8 Å². The van der Waals surface area contributed by atoms with Gasteiger partial charge in [0, 0.05) is 5.69 Å². The van der Waals surface area contributed by atoms with Gasteiger partial charge < -0.3 is 16.2 Å². The van der Waals surface area contributed by atoms with Gasteiger partial charge in [0.05, 0.1) is 17.0 Å². The zero-order valence-electron chi connectivity index (χ0n) is 11.2. The van der Waals surface area contributed by atoms with Crippen LogP contribution in [-0.4, -0.2) is 36.4 Å². The minimum absolute atomic E-state index is 0.0153. The number of hydrogen-bond donors (Lipinski definition) is 3. The average molecular weight is 312 g/mol. The number of anilines is 2. The number of benzene rings is 1. The van der Waals surface area contributed by atoms with Crippen molar-refractivity contribution in [2.45, 2.75) is 24.5 Å². The molecule has 1 atom stereocenters. The van der Waals surface area contributed by atoms with Crippen molar-refractivity contribution in [1.29, 1.82) is 0 Å². The number of carbonyl (C=O) groups excluding carboxylic acids is 1. The highest BCUT2D eigenvalue weighted by Gasteiger charge is 2.35. The first-order valence-electron chi connectivity index (χ1n) is 6.46. The van der Waals surface area contributed by atoms with Crippen LogP contribution in [0.4, 0.5) is 11.4 Å².